The molecule has 4 saturated carbocycles. The molecule has 7 nitrogen and oxygen atoms in total. The molecule has 6 rings (SSSR count). The van der Waals surface area contributed by atoms with Crippen LogP contribution in [0, 0.1) is 22.7 Å². The Morgan fingerprint density at radius 1 is 1.19 bits per heavy atom. The molecular weight excluding hydrogens is 406 g/mol. The Kier molecular flexibility index (Phi) is 5.01. The lowest BCUT2D eigenvalue weighted by molar-refractivity contribution is -0.177. The van der Waals surface area contributed by atoms with E-state index in [9.17, 15) is 14.7 Å². The van der Waals surface area contributed by atoms with Gasteiger partial charge in [-0.05, 0) is 63.2 Å². The molecule has 1 aliphatic heterocycles. The van der Waals surface area contributed by atoms with Crippen LogP contribution in [0.3, 0.4) is 0 Å². The zero-order valence-electron chi connectivity index (χ0n) is 19.9. The van der Waals surface area contributed by atoms with E-state index in [1.54, 1.807) is 0 Å². The highest BCUT2D eigenvalue weighted by atomic mass is 16.5. The van der Waals surface area contributed by atoms with E-state index in [0.717, 1.165) is 57.2 Å². The molecule has 32 heavy (non-hydrogen) atoms. The quantitative estimate of drug-likeness (QED) is 0.773. The predicted molar refractivity (Wildman–Crippen MR) is 119 cm³/mol. The number of aromatic nitrogens is 2. The van der Waals surface area contributed by atoms with E-state index in [-0.39, 0.29) is 17.4 Å². The zero-order chi connectivity index (χ0) is 22.9. The second-order valence-electron chi connectivity index (χ2n) is 12.1. The first-order chi connectivity index (χ1) is 15.0. The number of hydrogen-bond donors (Lipinski definition) is 1. The smallest absolute Gasteiger partial charge is 0.309 e. The van der Waals surface area contributed by atoms with Crippen LogP contribution in [0.15, 0.2) is 11.1 Å². The third-order valence-electron chi connectivity index (χ3n) is 8.59. The molecule has 4 bridgehead atoms. The summed E-state index contributed by atoms with van der Waals surface area (Å²) >= 11 is 0. The summed E-state index contributed by atoms with van der Waals surface area (Å²) in [5, 5.41) is 10.0. The highest BCUT2D eigenvalue weighted by molar-refractivity contribution is 5.86. The van der Waals surface area contributed by atoms with Gasteiger partial charge in [0.05, 0.1) is 23.5 Å². The van der Waals surface area contributed by atoms with E-state index < -0.39 is 16.8 Å². The molecule has 176 valence electrons. The van der Waals surface area contributed by atoms with Gasteiger partial charge in [-0.3, -0.25) is 19.0 Å². The number of carbonyl (C=O) groups excluding carboxylic acids is 1. The largest absolute Gasteiger partial charge is 0.481 e. The molecule has 2 unspecified atom stereocenters. The molecule has 3 atom stereocenters. The summed E-state index contributed by atoms with van der Waals surface area (Å²) in [5.41, 5.74) is 0.378. The summed E-state index contributed by atoms with van der Waals surface area (Å²) in [5.74, 6) is -0.144. The molecule has 4 aliphatic carbocycles. The second-order valence-corrected chi connectivity index (χ2v) is 12.1. The number of ether oxygens (including phenoxy) is 1. The highest BCUT2D eigenvalue weighted by Crippen LogP contribution is 2.65. The molecule has 0 aromatic carbocycles. The molecule has 1 aromatic rings. The van der Waals surface area contributed by atoms with Crippen molar-refractivity contribution in [3.05, 3.63) is 17.2 Å². The molecular formula is C25H37N3O4. The van der Waals surface area contributed by atoms with Gasteiger partial charge in [-0.1, -0.05) is 20.8 Å². The number of carbonyl (C=O) groups is 2. The summed E-state index contributed by atoms with van der Waals surface area (Å²) in [7, 11) is 2.03. The van der Waals surface area contributed by atoms with Gasteiger partial charge >= 0.3 is 5.97 Å². The number of nitrogens with zero attached hydrogens (tertiary/aromatic N) is 3. The zero-order valence-corrected chi connectivity index (χ0v) is 19.9. The molecule has 0 spiro atoms. The lowest BCUT2D eigenvalue weighted by Gasteiger charge is -2.59. The van der Waals surface area contributed by atoms with Gasteiger partial charge in [-0.25, -0.2) is 0 Å². The van der Waals surface area contributed by atoms with Gasteiger partial charge in [0.25, 0.3) is 5.91 Å². The SMILES string of the molecule is Cn1c(C(C)(C)C)cc(=NC(=O)C23CC4CC(CC(C(=O)O)(C4)C2)C3)n1C[C@H]1CCCO1. The van der Waals surface area contributed by atoms with Gasteiger partial charge < -0.3 is 9.84 Å². The third-order valence-corrected chi connectivity index (χ3v) is 8.59. The van der Waals surface area contributed by atoms with Crippen LogP contribution in [-0.4, -0.2) is 39.1 Å². The standard InChI is InChI=1S/C25H37N3O4/c1-23(2,3)19-9-20(28(27(19)4)14-18-6-5-7-32-18)26-21(29)24-10-16-8-17(11-24)13-25(12-16,15-24)22(30)31/h9,16-18H,5-8,10-15H2,1-4H3,(H,30,31)/t16?,17?,18-,24?,25?/m1/s1. The Morgan fingerprint density at radius 3 is 2.41 bits per heavy atom. The Bertz CT molecular complexity index is 991. The first kappa shape index (κ1) is 21.9. The summed E-state index contributed by atoms with van der Waals surface area (Å²) in [6.07, 6.45) is 6.80. The number of carboxylic acids is 1. The van der Waals surface area contributed by atoms with Crippen LogP contribution >= 0.6 is 0 Å². The maximum Gasteiger partial charge on any atom is 0.309 e. The van der Waals surface area contributed by atoms with E-state index in [4.69, 9.17) is 9.73 Å². The van der Waals surface area contributed by atoms with Crippen molar-refractivity contribution in [1.82, 2.24) is 9.36 Å². The molecule has 0 radical (unpaired) electrons. The molecule has 1 N–H and O–H groups in total. The number of carboxylic acid groups (broad SMARTS) is 1. The van der Waals surface area contributed by atoms with E-state index in [2.05, 4.69) is 30.1 Å². The predicted octanol–water partition coefficient (Wildman–Crippen LogP) is 3.40. The van der Waals surface area contributed by atoms with Crippen molar-refractivity contribution >= 4 is 11.9 Å². The van der Waals surface area contributed by atoms with Gasteiger partial charge in [-0.2, -0.15) is 4.99 Å². The summed E-state index contributed by atoms with van der Waals surface area (Å²) in [6.45, 7) is 7.96. The number of aliphatic carboxylic acids is 1. The van der Waals surface area contributed by atoms with Crippen molar-refractivity contribution in [2.75, 3.05) is 6.61 Å². The summed E-state index contributed by atoms with van der Waals surface area (Å²) in [4.78, 5) is 30.7. The van der Waals surface area contributed by atoms with E-state index in [1.165, 1.54) is 0 Å². The highest BCUT2D eigenvalue weighted by Gasteiger charge is 2.63. The normalized spacial score (nSPS) is 36.8. The van der Waals surface area contributed by atoms with Gasteiger partial charge in [0.15, 0.2) is 5.49 Å². The Morgan fingerprint density at radius 2 is 1.84 bits per heavy atom. The van der Waals surface area contributed by atoms with Crippen molar-refractivity contribution in [3.8, 4) is 0 Å². The van der Waals surface area contributed by atoms with E-state index >= 15 is 0 Å². The lowest BCUT2D eigenvalue weighted by atomic mass is 9.44. The third kappa shape index (κ3) is 3.47. The van der Waals surface area contributed by atoms with Crippen molar-refractivity contribution in [2.45, 2.75) is 90.2 Å². The minimum Gasteiger partial charge on any atom is -0.481 e. The van der Waals surface area contributed by atoms with Crippen molar-refractivity contribution < 1.29 is 19.4 Å². The summed E-state index contributed by atoms with van der Waals surface area (Å²) in [6, 6.07) is 2.04. The average molecular weight is 444 g/mol. The first-order valence-electron chi connectivity index (χ1n) is 12.2. The number of rotatable bonds is 4. The van der Waals surface area contributed by atoms with Crippen LogP contribution in [0.25, 0.3) is 0 Å². The van der Waals surface area contributed by atoms with Crippen LogP contribution in [0.2, 0.25) is 0 Å². The Balaban J connectivity index is 1.54. The van der Waals surface area contributed by atoms with Gasteiger partial charge in [0.2, 0.25) is 0 Å². The van der Waals surface area contributed by atoms with Gasteiger partial charge in [0.1, 0.15) is 0 Å². The van der Waals surface area contributed by atoms with Crippen LogP contribution in [0.1, 0.15) is 77.8 Å². The van der Waals surface area contributed by atoms with Crippen molar-refractivity contribution in [1.29, 1.82) is 0 Å². The topological polar surface area (TPSA) is 85.8 Å². The fraction of sp³-hybridized carbons (Fsp3) is 0.800. The summed E-state index contributed by atoms with van der Waals surface area (Å²) < 4.78 is 10.1. The molecule has 1 amide bonds. The molecule has 5 aliphatic rings. The number of hydrogen-bond acceptors (Lipinski definition) is 3. The second kappa shape index (κ2) is 7.31. The molecule has 7 heteroatoms. The molecule has 2 heterocycles. The fourth-order valence-corrected chi connectivity index (χ4v) is 7.55. The maximum absolute atomic E-state index is 13.8. The fourth-order valence-electron chi connectivity index (χ4n) is 7.55. The van der Waals surface area contributed by atoms with E-state index in [0.29, 0.717) is 30.3 Å². The number of amides is 1. The molecule has 1 saturated heterocycles. The monoisotopic (exact) mass is 443 g/mol. The minimum absolute atomic E-state index is 0.0854. The Hall–Kier alpha value is -1.89. The van der Waals surface area contributed by atoms with E-state index in [1.807, 2.05) is 13.1 Å². The maximum atomic E-state index is 13.8. The lowest BCUT2D eigenvalue weighted by Crippen LogP contribution is -2.57. The average Bonchev–Trinajstić information content (AvgIpc) is 3.30. The van der Waals surface area contributed by atoms with Crippen LogP contribution < -0.4 is 5.49 Å². The van der Waals surface area contributed by atoms with Crippen LogP contribution in [-0.2, 0) is 33.3 Å². The van der Waals surface area contributed by atoms with Crippen LogP contribution in [0.4, 0.5) is 0 Å². The first-order valence-corrected chi connectivity index (χ1v) is 12.2. The van der Waals surface area contributed by atoms with Crippen molar-refractivity contribution in [2.24, 2.45) is 34.7 Å². The Labute approximate surface area is 189 Å². The molecule has 1 aromatic heterocycles. The minimum atomic E-state index is -0.726. The van der Waals surface area contributed by atoms with Gasteiger partial charge in [-0.15, -0.1) is 0 Å². The van der Waals surface area contributed by atoms with Crippen molar-refractivity contribution in [3.63, 3.8) is 0 Å². The van der Waals surface area contributed by atoms with Gasteiger partial charge in [0, 0.05) is 30.8 Å². The van der Waals surface area contributed by atoms with Crippen LogP contribution in [0.5, 0.6) is 0 Å². The molecule has 5 fully saturated rings.